The molecule has 0 aliphatic heterocycles. The van der Waals surface area contributed by atoms with Gasteiger partial charge in [-0.15, -0.1) is 0 Å². The highest BCUT2D eigenvalue weighted by atomic mass is 19.3. The molecule has 120 valence electrons. The van der Waals surface area contributed by atoms with Crippen LogP contribution in [0, 0.1) is 5.82 Å². The minimum atomic E-state index is -4.17. The molecule has 1 atom stereocenters. The fourth-order valence-electron chi connectivity index (χ4n) is 2.01. The summed E-state index contributed by atoms with van der Waals surface area (Å²) in [5, 5.41) is 0. The van der Waals surface area contributed by atoms with Gasteiger partial charge in [0.1, 0.15) is 5.82 Å². The van der Waals surface area contributed by atoms with E-state index in [1.807, 2.05) is 6.92 Å². The molecule has 0 saturated carbocycles. The molecule has 1 aromatic rings. The van der Waals surface area contributed by atoms with Crippen molar-refractivity contribution >= 4 is 0 Å². The first-order chi connectivity index (χ1) is 9.81. The van der Waals surface area contributed by atoms with Gasteiger partial charge >= 0.3 is 12.3 Å². The van der Waals surface area contributed by atoms with Crippen LogP contribution in [0.4, 0.5) is 22.0 Å². The van der Waals surface area contributed by atoms with Crippen molar-refractivity contribution in [3.8, 4) is 0 Å². The maximum Gasteiger partial charge on any atom is 0.310 e. The molecule has 0 fully saturated rings. The Morgan fingerprint density at radius 3 is 2.38 bits per heavy atom. The molecule has 0 amide bonds. The molecule has 0 aromatic heterocycles. The topological polar surface area (TPSA) is 9.23 Å². The van der Waals surface area contributed by atoms with Crippen molar-refractivity contribution in [2.45, 2.75) is 51.1 Å². The van der Waals surface area contributed by atoms with Crippen LogP contribution in [0.25, 0.3) is 0 Å². The molecule has 0 heterocycles. The second-order valence-electron chi connectivity index (χ2n) is 4.94. The smallest absolute Gasteiger partial charge is 0.310 e. The second kappa shape index (κ2) is 7.73. The Balaban J connectivity index is 2.89. The first-order valence-electron chi connectivity index (χ1n) is 6.79. The molecule has 6 heteroatoms. The van der Waals surface area contributed by atoms with Crippen molar-refractivity contribution in [3.05, 3.63) is 35.1 Å². The Kier molecular flexibility index (Phi) is 6.58. The highest BCUT2D eigenvalue weighted by Crippen LogP contribution is 2.35. The maximum absolute atomic E-state index is 13.9. The molecule has 0 aliphatic carbocycles. The van der Waals surface area contributed by atoms with E-state index < -0.39 is 30.7 Å². The number of benzene rings is 1. The van der Waals surface area contributed by atoms with E-state index in [0.29, 0.717) is 12.0 Å². The Bertz CT molecular complexity index is 448. The molecule has 1 rings (SSSR count). The van der Waals surface area contributed by atoms with Crippen LogP contribution in [-0.4, -0.2) is 19.5 Å². The third kappa shape index (κ3) is 4.95. The first kappa shape index (κ1) is 17.9. The minimum Gasteiger partial charge on any atom is -0.377 e. The molecule has 1 aromatic carbocycles. The van der Waals surface area contributed by atoms with Gasteiger partial charge in [-0.1, -0.05) is 25.5 Å². The molecule has 0 aliphatic rings. The highest BCUT2D eigenvalue weighted by molar-refractivity contribution is 5.26. The summed E-state index contributed by atoms with van der Waals surface area (Å²) in [6.07, 6.45) is -3.97. The van der Waals surface area contributed by atoms with E-state index in [4.69, 9.17) is 4.74 Å². The summed E-state index contributed by atoms with van der Waals surface area (Å²) in [5.41, 5.74) is 0.617. The van der Waals surface area contributed by atoms with Crippen molar-refractivity contribution in [2.75, 3.05) is 7.11 Å². The number of hydrogen-bond acceptors (Lipinski definition) is 1. The van der Waals surface area contributed by atoms with E-state index in [1.54, 1.807) is 0 Å². The Morgan fingerprint density at radius 1 is 1.24 bits per heavy atom. The van der Waals surface area contributed by atoms with Gasteiger partial charge in [0.25, 0.3) is 0 Å². The molecular formula is C15H19F5O. The van der Waals surface area contributed by atoms with E-state index in [9.17, 15) is 22.0 Å². The summed E-state index contributed by atoms with van der Waals surface area (Å²) in [6, 6.07) is 4.03. The van der Waals surface area contributed by atoms with Gasteiger partial charge < -0.3 is 4.74 Å². The number of unbranched alkanes of at least 4 members (excludes halogenated alkanes) is 1. The van der Waals surface area contributed by atoms with Crippen LogP contribution in [0.2, 0.25) is 0 Å². The van der Waals surface area contributed by atoms with Crippen LogP contribution in [0.5, 0.6) is 0 Å². The molecule has 21 heavy (non-hydrogen) atoms. The number of rotatable bonds is 8. The molecular weight excluding hydrogens is 291 g/mol. The Hall–Kier alpha value is -1.17. The van der Waals surface area contributed by atoms with Gasteiger partial charge in [0.05, 0.1) is 6.10 Å². The average molecular weight is 310 g/mol. The number of alkyl halides is 4. The SMILES string of the molecule is CCCCc1ccc(C(CC(F)(F)C(F)F)OC)cc1F. The normalized spacial score (nSPS) is 13.7. The number of hydrogen-bond donors (Lipinski definition) is 0. The van der Waals surface area contributed by atoms with Crippen LogP contribution >= 0.6 is 0 Å². The summed E-state index contributed by atoms with van der Waals surface area (Å²) in [5.74, 6) is -4.69. The lowest BCUT2D eigenvalue weighted by Crippen LogP contribution is -2.29. The molecule has 1 unspecified atom stereocenters. The fourth-order valence-corrected chi connectivity index (χ4v) is 2.01. The lowest BCUT2D eigenvalue weighted by molar-refractivity contribution is -0.152. The average Bonchev–Trinajstić information content (AvgIpc) is 2.43. The summed E-state index contributed by atoms with van der Waals surface area (Å²) >= 11 is 0. The van der Waals surface area contributed by atoms with Crippen LogP contribution in [0.3, 0.4) is 0 Å². The van der Waals surface area contributed by atoms with Crippen molar-refractivity contribution in [1.82, 2.24) is 0 Å². The number of halogens is 5. The quantitative estimate of drug-likeness (QED) is 0.604. The summed E-state index contributed by atoms with van der Waals surface area (Å²) in [7, 11) is 1.13. The predicted molar refractivity (Wildman–Crippen MR) is 70.3 cm³/mol. The van der Waals surface area contributed by atoms with Crippen molar-refractivity contribution < 1.29 is 26.7 Å². The maximum atomic E-state index is 13.9. The number of ether oxygens (including phenoxy) is 1. The Morgan fingerprint density at radius 2 is 1.90 bits per heavy atom. The van der Waals surface area contributed by atoms with Gasteiger partial charge in [-0.3, -0.25) is 0 Å². The van der Waals surface area contributed by atoms with Crippen LogP contribution in [0.15, 0.2) is 18.2 Å². The molecule has 0 bridgehead atoms. The zero-order valence-electron chi connectivity index (χ0n) is 12.0. The van der Waals surface area contributed by atoms with E-state index in [0.717, 1.165) is 26.0 Å². The number of aryl methyl sites for hydroxylation is 1. The molecule has 1 nitrogen and oxygen atoms in total. The summed E-state index contributed by atoms with van der Waals surface area (Å²) < 4.78 is 69.3. The fraction of sp³-hybridized carbons (Fsp3) is 0.600. The lowest BCUT2D eigenvalue weighted by Gasteiger charge is -2.22. The molecule has 0 N–H and O–H groups in total. The van der Waals surface area contributed by atoms with Gasteiger partial charge in [0, 0.05) is 13.5 Å². The monoisotopic (exact) mass is 310 g/mol. The third-order valence-electron chi connectivity index (χ3n) is 3.31. The van der Waals surface area contributed by atoms with Gasteiger partial charge in [-0.2, -0.15) is 0 Å². The summed E-state index contributed by atoms with van der Waals surface area (Å²) in [4.78, 5) is 0. The first-order valence-corrected chi connectivity index (χ1v) is 6.79. The Labute approximate surface area is 121 Å². The predicted octanol–water partition coefficient (Wildman–Crippen LogP) is 5.15. The highest BCUT2D eigenvalue weighted by Gasteiger charge is 2.43. The van der Waals surface area contributed by atoms with Gasteiger partial charge in [-0.25, -0.2) is 22.0 Å². The van der Waals surface area contributed by atoms with E-state index >= 15 is 0 Å². The zero-order valence-corrected chi connectivity index (χ0v) is 12.0. The standard InChI is InChI=1S/C15H19F5O/c1-3-4-5-10-6-7-11(8-12(10)16)13(21-2)9-15(19,20)14(17)18/h6-8,13-14H,3-5,9H2,1-2H3. The van der Waals surface area contributed by atoms with Crippen LogP contribution in [0.1, 0.15) is 43.4 Å². The van der Waals surface area contributed by atoms with Gasteiger partial charge in [0.2, 0.25) is 0 Å². The van der Waals surface area contributed by atoms with Crippen LogP contribution < -0.4 is 0 Å². The van der Waals surface area contributed by atoms with E-state index in [1.165, 1.54) is 12.1 Å². The zero-order chi connectivity index (χ0) is 16.0. The van der Waals surface area contributed by atoms with Gasteiger partial charge in [0.15, 0.2) is 0 Å². The van der Waals surface area contributed by atoms with E-state index in [-0.39, 0.29) is 5.56 Å². The van der Waals surface area contributed by atoms with E-state index in [2.05, 4.69) is 0 Å². The van der Waals surface area contributed by atoms with Crippen molar-refractivity contribution in [1.29, 1.82) is 0 Å². The summed E-state index contributed by atoms with van der Waals surface area (Å²) in [6.45, 7) is 1.97. The molecule has 0 radical (unpaired) electrons. The van der Waals surface area contributed by atoms with Gasteiger partial charge in [-0.05, 0) is 30.0 Å². The lowest BCUT2D eigenvalue weighted by atomic mass is 9.99. The molecule has 0 spiro atoms. The third-order valence-corrected chi connectivity index (χ3v) is 3.31. The second-order valence-corrected chi connectivity index (χ2v) is 4.94. The van der Waals surface area contributed by atoms with Crippen molar-refractivity contribution in [2.24, 2.45) is 0 Å². The largest absolute Gasteiger partial charge is 0.377 e. The molecule has 0 saturated heterocycles. The van der Waals surface area contributed by atoms with Crippen molar-refractivity contribution in [3.63, 3.8) is 0 Å². The van der Waals surface area contributed by atoms with Crippen LogP contribution in [-0.2, 0) is 11.2 Å². The number of methoxy groups -OCH3 is 1. The minimum absolute atomic E-state index is 0.135.